The molecule has 5 heteroatoms. The van der Waals surface area contributed by atoms with Crippen molar-refractivity contribution in [2.24, 2.45) is 0 Å². The molecule has 1 aromatic heterocycles. The lowest BCUT2D eigenvalue weighted by Gasteiger charge is -2.23. The summed E-state index contributed by atoms with van der Waals surface area (Å²) in [5.41, 5.74) is -0.182. The fraction of sp³-hybridized carbons (Fsp3) is 0.357. The molecule has 1 atom stereocenters. The van der Waals surface area contributed by atoms with Crippen LogP contribution < -0.4 is 10.6 Å². The molecule has 100 valence electrons. The molecule has 2 heterocycles. The molecule has 0 bridgehead atoms. The topological polar surface area (TPSA) is 41.1 Å². The Labute approximate surface area is 114 Å². The van der Waals surface area contributed by atoms with Gasteiger partial charge in [-0.05, 0) is 43.5 Å². The van der Waals surface area contributed by atoms with Gasteiger partial charge in [-0.2, -0.15) is 0 Å². The van der Waals surface area contributed by atoms with E-state index in [4.69, 9.17) is 0 Å². The molecule has 1 aliphatic rings. The Morgan fingerprint density at radius 1 is 1.47 bits per heavy atom. The molecule has 0 radical (unpaired) electrons. The average molecular weight is 278 g/mol. The molecule has 1 amide bonds. The van der Waals surface area contributed by atoms with Crippen LogP contribution in [0.2, 0.25) is 0 Å². The Bertz CT molecular complexity index is 631. The summed E-state index contributed by atoms with van der Waals surface area (Å²) in [7, 11) is 0. The zero-order valence-corrected chi connectivity index (χ0v) is 11.4. The summed E-state index contributed by atoms with van der Waals surface area (Å²) in [5.74, 6) is -0.346. The van der Waals surface area contributed by atoms with Crippen molar-refractivity contribution in [3.05, 3.63) is 35.0 Å². The molecule has 2 aromatic rings. The third-order valence-electron chi connectivity index (χ3n) is 3.49. The zero-order chi connectivity index (χ0) is 13.5. The normalized spacial score (nSPS) is 22.8. The van der Waals surface area contributed by atoms with Gasteiger partial charge in [-0.3, -0.25) is 4.79 Å². The van der Waals surface area contributed by atoms with Gasteiger partial charge in [-0.1, -0.05) is 6.07 Å². The maximum absolute atomic E-state index is 13.1. The van der Waals surface area contributed by atoms with Gasteiger partial charge in [0.05, 0.1) is 10.4 Å². The van der Waals surface area contributed by atoms with Crippen molar-refractivity contribution in [2.45, 2.75) is 18.9 Å². The van der Waals surface area contributed by atoms with E-state index >= 15 is 0 Å². The van der Waals surface area contributed by atoms with Gasteiger partial charge in [-0.25, -0.2) is 4.39 Å². The van der Waals surface area contributed by atoms with Gasteiger partial charge < -0.3 is 10.6 Å². The number of fused-ring (bicyclic) bond motifs is 1. The number of benzene rings is 1. The van der Waals surface area contributed by atoms with Crippen LogP contribution in [0.1, 0.15) is 23.0 Å². The van der Waals surface area contributed by atoms with E-state index in [1.807, 2.05) is 13.0 Å². The van der Waals surface area contributed by atoms with E-state index in [0.717, 1.165) is 29.6 Å². The highest BCUT2D eigenvalue weighted by Crippen LogP contribution is 2.27. The Morgan fingerprint density at radius 3 is 3.05 bits per heavy atom. The summed E-state index contributed by atoms with van der Waals surface area (Å²) < 4.78 is 13.9. The Balaban J connectivity index is 1.85. The first-order valence-electron chi connectivity index (χ1n) is 6.28. The number of carbonyl (C=O) groups is 1. The average Bonchev–Trinajstić information content (AvgIpc) is 2.95. The number of nitrogens with one attached hydrogen (secondary N) is 2. The Kier molecular flexibility index (Phi) is 3.03. The third kappa shape index (κ3) is 2.48. The zero-order valence-electron chi connectivity index (χ0n) is 10.6. The van der Waals surface area contributed by atoms with Crippen molar-refractivity contribution in [3.8, 4) is 0 Å². The molecular weight excluding hydrogens is 263 g/mol. The Hall–Kier alpha value is -1.46. The molecule has 1 unspecified atom stereocenters. The van der Waals surface area contributed by atoms with Gasteiger partial charge >= 0.3 is 0 Å². The summed E-state index contributed by atoms with van der Waals surface area (Å²) in [4.78, 5) is 12.9. The highest BCUT2D eigenvalue weighted by atomic mass is 32.1. The minimum atomic E-state index is -0.270. The SMILES string of the molecule is CC1(NC(=O)c2cc3ccc(F)cc3s2)CCNC1. The lowest BCUT2D eigenvalue weighted by Crippen LogP contribution is -2.47. The predicted molar refractivity (Wildman–Crippen MR) is 75.1 cm³/mol. The predicted octanol–water partition coefficient (Wildman–Crippen LogP) is 2.52. The molecule has 19 heavy (non-hydrogen) atoms. The number of hydrogen-bond donors (Lipinski definition) is 2. The van der Waals surface area contributed by atoms with Crippen molar-refractivity contribution in [1.29, 1.82) is 0 Å². The molecule has 0 spiro atoms. The summed E-state index contributed by atoms with van der Waals surface area (Å²) >= 11 is 1.33. The summed E-state index contributed by atoms with van der Waals surface area (Å²) in [6.45, 7) is 3.75. The monoisotopic (exact) mass is 278 g/mol. The molecule has 2 N–H and O–H groups in total. The number of rotatable bonds is 2. The highest BCUT2D eigenvalue weighted by Gasteiger charge is 2.30. The number of halogens is 1. The standard InChI is InChI=1S/C14H15FN2OS/c1-14(4-5-16-8-14)17-13(18)12-6-9-2-3-10(15)7-11(9)19-12/h2-3,6-7,16H,4-5,8H2,1H3,(H,17,18). The van der Waals surface area contributed by atoms with E-state index in [0.29, 0.717) is 4.88 Å². The quantitative estimate of drug-likeness (QED) is 0.886. The summed E-state index contributed by atoms with van der Waals surface area (Å²) in [6.07, 6.45) is 0.929. The number of hydrogen-bond acceptors (Lipinski definition) is 3. The minimum absolute atomic E-state index is 0.0761. The Morgan fingerprint density at radius 2 is 2.32 bits per heavy atom. The number of carbonyl (C=O) groups excluding carboxylic acids is 1. The molecule has 1 aromatic carbocycles. The maximum atomic E-state index is 13.1. The number of thiophene rings is 1. The van der Waals surface area contributed by atoms with E-state index in [9.17, 15) is 9.18 Å². The fourth-order valence-corrected chi connectivity index (χ4v) is 3.36. The minimum Gasteiger partial charge on any atom is -0.345 e. The first-order chi connectivity index (χ1) is 9.06. The highest BCUT2D eigenvalue weighted by molar-refractivity contribution is 7.20. The molecule has 3 nitrogen and oxygen atoms in total. The van der Waals surface area contributed by atoms with Crippen LogP contribution in [0.3, 0.4) is 0 Å². The van der Waals surface area contributed by atoms with Crippen molar-refractivity contribution in [3.63, 3.8) is 0 Å². The van der Waals surface area contributed by atoms with Crippen LogP contribution in [0.4, 0.5) is 4.39 Å². The molecular formula is C14H15FN2OS. The van der Waals surface area contributed by atoms with Crippen molar-refractivity contribution in [2.75, 3.05) is 13.1 Å². The first kappa shape index (κ1) is 12.6. The lowest BCUT2D eigenvalue weighted by molar-refractivity contribution is 0.0917. The van der Waals surface area contributed by atoms with E-state index in [2.05, 4.69) is 10.6 Å². The maximum Gasteiger partial charge on any atom is 0.261 e. The second kappa shape index (κ2) is 4.58. The first-order valence-corrected chi connectivity index (χ1v) is 7.10. The molecule has 1 aliphatic heterocycles. The van der Waals surface area contributed by atoms with Gasteiger partial charge in [0.25, 0.3) is 5.91 Å². The molecule has 3 rings (SSSR count). The van der Waals surface area contributed by atoms with Gasteiger partial charge in [0, 0.05) is 11.2 Å². The lowest BCUT2D eigenvalue weighted by atomic mass is 10.0. The summed E-state index contributed by atoms with van der Waals surface area (Å²) in [5, 5.41) is 7.21. The molecule has 1 fully saturated rings. The van der Waals surface area contributed by atoms with Crippen LogP contribution in [0, 0.1) is 5.82 Å². The van der Waals surface area contributed by atoms with Crippen molar-refractivity contribution < 1.29 is 9.18 Å². The van der Waals surface area contributed by atoms with Gasteiger partial charge in [-0.15, -0.1) is 11.3 Å². The van der Waals surface area contributed by atoms with Crippen LogP contribution in [0.5, 0.6) is 0 Å². The van der Waals surface area contributed by atoms with Crippen LogP contribution in [-0.2, 0) is 0 Å². The fourth-order valence-electron chi connectivity index (χ4n) is 2.38. The van der Waals surface area contributed by atoms with Crippen LogP contribution in [-0.4, -0.2) is 24.5 Å². The molecule has 0 saturated carbocycles. The van der Waals surface area contributed by atoms with Gasteiger partial charge in [0.2, 0.25) is 0 Å². The smallest absolute Gasteiger partial charge is 0.261 e. The molecule has 0 aliphatic carbocycles. The van der Waals surface area contributed by atoms with E-state index in [1.54, 1.807) is 6.07 Å². The van der Waals surface area contributed by atoms with Gasteiger partial charge in [0.15, 0.2) is 0 Å². The van der Waals surface area contributed by atoms with E-state index in [-0.39, 0.29) is 17.3 Å². The van der Waals surface area contributed by atoms with Crippen molar-refractivity contribution in [1.82, 2.24) is 10.6 Å². The second-order valence-electron chi connectivity index (χ2n) is 5.23. The van der Waals surface area contributed by atoms with E-state index < -0.39 is 0 Å². The van der Waals surface area contributed by atoms with Crippen LogP contribution in [0.15, 0.2) is 24.3 Å². The van der Waals surface area contributed by atoms with Crippen molar-refractivity contribution >= 4 is 27.3 Å². The second-order valence-corrected chi connectivity index (χ2v) is 6.32. The largest absolute Gasteiger partial charge is 0.345 e. The van der Waals surface area contributed by atoms with Crippen LogP contribution in [0.25, 0.3) is 10.1 Å². The van der Waals surface area contributed by atoms with Gasteiger partial charge in [0.1, 0.15) is 5.82 Å². The summed E-state index contributed by atoms with van der Waals surface area (Å²) in [6, 6.07) is 6.41. The molecule has 1 saturated heterocycles. The third-order valence-corrected chi connectivity index (χ3v) is 4.59. The van der Waals surface area contributed by atoms with Crippen LogP contribution >= 0.6 is 11.3 Å². The number of amides is 1. The van der Waals surface area contributed by atoms with E-state index in [1.165, 1.54) is 23.5 Å².